The van der Waals surface area contributed by atoms with Gasteiger partial charge in [0.1, 0.15) is 11.7 Å². The van der Waals surface area contributed by atoms with Crippen molar-refractivity contribution < 1.29 is 14.4 Å². The minimum Gasteiger partial charge on any atom is -0.354 e. The minimum atomic E-state index is -0.625. The second-order valence-electron chi connectivity index (χ2n) is 9.82. The van der Waals surface area contributed by atoms with E-state index in [1.54, 1.807) is 0 Å². The van der Waals surface area contributed by atoms with Crippen molar-refractivity contribution in [2.45, 2.75) is 65.3 Å². The van der Waals surface area contributed by atoms with Gasteiger partial charge in [-0.25, -0.2) is 0 Å². The van der Waals surface area contributed by atoms with Crippen LogP contribution in [0.3, 0.4) is 0 Å². The topological polar surface area (TPSA) is 91.1 Å². The number of hydrogen-bond acceptors (Lipinski definition) is 3. The Morgan fingerprint density at radius 3 is 2.55 bits per heavy atom. The van der Waals surface area contributed by atoms with E-state index < -0.39 is 6.04 Å². The van der Waals surface area contributed by atoms with Crippen molar-refractivity contribution in [1.82, 2.24) is 10.3 Å². The van der Waals surface area contributed by atoms with Gasteiger partial charge in [0.05, 0.1) is 0 Å². The minimum absolute atomic E-state index is 0.0751. The first-order chi connectivity index (χ1) is 14.7. The highest BCUT2D eigenvalue weighted by atomic mass is 16.2. The second-order valence-corrected chi connectivity index (χ2v) is 9.82. The molecular weight excluding hydrogens is 390 g/mol. The molecule has 0 saturated heterocycles. The van der Waals surface area contributed by atoms with Crippen LogP contribution >= 0.6 is 0 Å². The van der Waals surface area contributed by atoms with Crippen LogP contribution in [0.4, 0.5) is 5.69 Å². The van der Waals surface area contributed by atoms with E-state index >= 15 is 0 Å². The van der Waals surface area contributed by atoms with Crippen LogP contribution in [0.15, 0.2) is 30.3 Å². The van der Waals surface area contributed by atoms with Gasteiger partial charge in [0.25, 0.3) is 5.91 Å². The maximum atomic E-state index is 13.1. The standard InChI is InChI=1S/C25H31N3O3/c1-15-21-19(13-25(2,3)14-20(21)29)27-22(15)24(31)28-18(12-11-16-9-10-16)23(30)26-17-7-5-4-6-8-17/h4-8,16,18,27H,9-14H2,1-3H3,(H,26,30)(H,28,31)/t18-/m0/s1. The molecule has 0 aliphatic heterocycles. The summed E-state index contributed by atoms with van der Waals surface area (Å²) < 4.78 is 0. The quantitative estimate of drug-likeness (QED) is 0.619. The molecule has 31 heavy (non-hydrogen) atoms. The summed E-state index contributed by atoms with van der Waals surface area (Å²) in [5.41, 5.74) is 3.12. The smallest absolute Gasteiger partial charge is 0.268 e. The van der Waals surface area contributed by atoms with Crippen molar-refractivity contribution in [3.8, 4) is 0 Å². The average molecular weight is 422 g/mol. The summed E-state index contributed by atoms with van der Waals surface area (Å²) in [6.45, 7) is 5.93. The third kappa shape index (κ3) is 4.89. The highest BCUT2D eigenvalue weighted by Crippen LogP contribution is 2.37. The number of ketones is 1. The summed E-state index contributed by atoms with van der Waals surface area (Å²) in [5.74, 6) is 0.183. The maximum absolute atomic E-state index is 13.1. The first kappa shape index (κ1) is 21.3. The molecule has 2 aliphatic carbocycles. The molecule has 1 saturated carbocycles. The number of Topliss-reactive ketones (excluding diaryl/α,β-unsaturated/α-hetero) is 1. The molecule has 1 fully saturated rings. The number of aromatic nitrogens is 1. The number of amides is 2. The van der Waals surface area contributed by atoms with Crippen LogP contribution in [0, 0.1) is 18.3 Å². The number of aromatic amines is 1. The summed E-state index contributed by atoms with van der Waals surface area (Å²) in [6, 6.07) is 8.64. The third-order valence-electron chi connectivity index (χ3n) is 6.35. The van der Waals surface area contributed by atoms with Crippen molar-refractivity contribution in [2.75, 3.05) is 5.32 Å². The van der Waals surface area contributed by atoms with Gasteiger partial charge in [-0.1, -0.05) is 44.9 Å². The molecule has 6 heteroatoms. The zero-order valence-electron chi connectivity index (χ0n) is 18.5. The van der Waals surface area contributed by atoms with E-state index in [-0.39, 0.29) is 23.0 Å². The zero-order valence-corrected chi connectivity index (χ0v) is 18.5. The van der Waals surface area contributed by atoms with E-state index in [1.807, 2.05) is 37.3 Å². The molecule has 6 nitrogen and oxygen atoms in total. The molecule has 164 valence electrons. The largest absolute Gasteiger partial charge is 0.354 e. The van der Waals surface area contributed by atoms with E-state index in [0.717, 1.165) is 18.5 Å². The number of hydrogen-bond donors (Lipinski definition) is 3. The first-order valence-electron chi connectivity index (χ1n) is 11.1. The van der Waals surface area contributed by atoms with Gasteiger partial charge in [-0.15, -0.1) is 0 Å². The van der Waals surface area contributed by atoms with Gasteiger partial charge in [0.15, 0.2) is 5.78 Å². The number of carbonyl (C=O) groups is 3. The Morgan fingerprint density at radius 2 is 1.87 bits per heavy atom. The van der Waals surface area contributed by atoms with Gasteiger partial charge in [-0.3, -0.25) is 14.4 Å². The third-order valence-corrected chi connectivity index (χ3v) is 6.35. The molecule has 1 heterocycles. The fourth-order valence-corrected chi connectivity index (χ4v) is 4.52. The van der Waals surface area contributed by atoms with Gasteiger partial charge < -0.3 is 15.6 Å². The van der Waals surface area contributed by atoms with Crippen molar-refractivity contribution in [3.63, 3.8) is 0 Å². The molecule has 0 radical (unpaired) electrons. The highest BCUT2D eigenvalue weighted by molar-refractivity contribution is 6.06. The van der Waals surface area contributed by atoms with E-state index in [4.69, 9.17) is 0 Å². The molecule has 1 atom stereocenters. The normalized spacial score (nSPS) is 18.2. The van der Waals surface area contributed by atoms with Crippen LogP contribution in [0.1, 0.15) is 78.1 Å². The molecule has 0 bridgehead atoms. The Bertz CT molecular complexity index is 1000. The fourth-order valence-electron chi connectivity index (χ4n) is 4.52. The van der Waals surface area contributed by atoms with Crippen molar-refractivity contribution >= 4 is 23.3 Å². The van der Waals surface area contributed by atoms with Crippen LogP contribution in [0.25, 0.3) is 0 Å². The zero-order chi connectivity index (χ0) is 22.2. The molecule has 0 unspecified atom stereocenters. The van der Waals surface area contributed by atoms with E-state index in [2.05, 4.69) is 29.5 Å². The van der Waals surface area contributed by atoms with Crippen LogP contribution in [-0.2, 0) is 11.2 Å². The van der Waals surface area contributed by atoms with Gasteiger partial charge in [-0.05, 0) is 55.2 Å². The number of anilines is 1. The summed E-state index contributed by atoms with van der Waals surface area (Å²) in [5, 5.41) is 5.83. The lowest BCUT2D eigenvalue weighted by Crippen LogP contribution is -2.44. The van der Waals surface area contributed by atoms with Crippen LogP contribution < -0.4 is 10.6 Å². The predicted octanol–water partition coefficient (Wildman–Crippen LogP) is 4.41. The molecular formula is C25H31N3O3. The van der Waals surface area contributed by atoms with Crippen LogP contribution in [-0.4, -0.2) is 28.6 Å². The van der Waals surface area contributed by atoms with E-state index in [0.29, 0.717) is 41.3 Å². The predicted molar refractivity (Wildman–Crippen MR) is 120 cm³/mol. The van der Waals surface area contributed by atoms with Crippen molar-refractivity contribution in [1.29, 1.82) is 0 Å². The number of nitrogens with one attached hydrogen (secondary N) is 3. The molecule has 4 rings (SSSR count). The molecule has 2 amide bonds. The fraction of sp³-hybridized carbons (Fsp3) is 0.480. The molecule has 2 aromatic rings. The lowest BCUT2D eigenvalue weighted by atomic mass is 9.75. The van der Waals surface area contributed by atoms with Gasteiger partial charge in [0, 0.05) is 23.4 Å². The van der Waals surface area contributed by atoms with Crippen LogP contribution in [0.5, 0.6) is 0 Å². The van der Waals surface area contributed by atoms with Gasteiger partial charge >= 0.3 is 0 Å². The summed E-state index contributed by atoms with van der Waals surface area (Å²) in [6.07, 6.45) is 5.11. The molecule has 1 aromatic heterocycles. The number of fused-ring (bicyclic) bond motifs is 1. The summed E-state index contributed by atoms with van der Waals surface area (Å²) in [4.78, 5) is 41.9. The number of H-pyrrole nitrogens is 1. The molecule has 3 N–H and O–H groups in total. The van der Waals surface area contributed by atoms with Crippen molar-refractivity contribution in [2.24, 2.45) is 11.3 Å². The Balaban J connectivity index is 1.52. The Morgan fingerprint density at radius 1 is 1.16 bits per heavy atom. The summed E-state index contributed by atoms with van der Waals surface area (Å²) in [7, 11) is 0. The van der Waals surface area contributed by atoms with Gasteiger partial charge in [0.2, 0.25) is 5.91 Å². The molecule has 2 aliphatic rings. The average Bonchev–Trinajstić information content (AvgIpc) is 3.47. The number of benzene rings is 1. The monoisotopic (exact) mass is 421 g/mol. The second kappa shape index (κ2) is 8.33. The number of para-hydroxylation sites is 1. The molecule has 1 aromatic carbocycles. The van der Waals surface area contributed by atoms with Crippen LogP contribution in [0.2, 0.25) is 0 Å². The first-order valence-corrected chi connectivity index (χ1v) is 11.1. The Labute approximate surface area is 183 Å². The number of rotatable bonds is 7. The lowest BCUT2D eigenvalue weighted by molar-refractivity contribution is -0.118. The Kier molecular flexibility index (Phi) is 5.73. The Hall–Kier alpha value is -2.89. The maximum Gasteiger partial charge on any atom is 0.268 e. The van der Waals surface area contributed by atoms with E-state index in [9.17, 15) is 14.4 Å². The number of carbonyl (C=O) groups excluding carboxylic acids is 3. The van der Waals surface area contributed by atoms with E-state index in [1.165, 1.54) is 12.8 Å². The van der Waals surface area contributed by atoms with Crippen molar-refractivity contribution in [3.05, 3.63) is 52.8 Å². The van der Waals surface area contributed by atoms with Gasteiger partial charge in [-0.2, -0.15) is 0 Å². The lowest BCUT2D eigenvalue weighted by Gasteiger charge is -2.28. The summed E-state index contributed by atoms with van der Waals surface area (Å²) >= 11 is 0. The SMILES string of the molecule is Cc1c(C(=O)N[C@@H](CCC2CC2)C(=O)Nc2ccccc2)[nH]c2c1C(=O)CC(C)(C)C2. The molecule has 0 spiro atoms. The highest BCUT2D eigenvalue weighted by Gasteiger charge is 2.36.